The summed E-state index contributed by atoms with van der Waals surface area (Å²) in [5.74, 6) is 0.431. The molecule has 2 nitrogen and oxygen atoms in total. The topological polar surface area (TPSA) is 43.1 Å². The van der Waals surface area contributed by atoms with Crippen molar-refractivity contribution < 1.29 is 4.79 Å². The lowest BCUT2D eigenvalue weighted by Crippen LogP contribution is -2.13. The molecule has 76 valence electrons. The van der Waals surface area contributed by atoms with Crippen molar-refractivity contribution in [2.24, 2.45) is 5.73 Å². The predicted octanol–water partition coefficient (Wildman–Crippen LogP) is 2.40. The second-order valence-electron chi connectivity index (χ2n) is 3.45. The van der Waals surface area contributed by atoms with Crippen molar-refractivity contribution in [3.63, 3.8) is 0 Å². The average molecular weight is 212 g/mol. The van der Waals surface area contributed by atoms with Gasteiger partial charge < -0.3 is 5.73 Å². The van der Waals surface area contributed by atoms with Gasteiger partial charge in [0.2, 0.25) is 5.91 Å². The van der Waals surface area contributed by atoms with E-state index >= 15 is 0 Å². The first-order chi connectivity index (χ1) is 6.63. The highest BCUT2D eigenvalue weighted by atomic mass is 35.5. The van der Waals surface area contributed by atoms with Crippen LogP contribution in [0, 0.1) is 0 Å². The Kier molecular flexibility index (Phi) is 3.96. The third-order valence-electron chi connectivity index (χ3n) is 2.21. The standard InChI is InChI=1S/C11H14ClNO/c1-8(6-11(13)14)10-4-2-9(7-12)3-5-10/h2-5,8H,6-7H2,1H3,(H2,13,14). The van der Waals surface area contributed by atoms with Crippen LogP contribution in [-0.2, 0) is 10.7 Å². The Morgan fingerprint density at radius 1 is 1.43 bits per heavy atom. The maximum atomic E-state index is 10.7. The SMILES string of the molecule is CC(CC(N)=O)c1ccc(CCl)cc1. The maximum Gasteiger partial charge on any atom is 0.218 e. The van der Waals surface area contributed by atoms with Gasteiger partial charge in [-0.3, -0.25) is 4.79 Å². The molecule has 0 aliphatic rings. The van der Waals surface area contributed by atoms with Gasteiger partial charge in [-0.15, -0.1) is 11.6 Å². The summed E-state index contributed by atoms with van der Waals surface area (Å²) in [6.07, 6.45) is 0.389. The van der Waals surface area contributed by atoms with Crippen LogP contribution in [0.4, 0.5) is 0 Å². The number of hydrogen-bond acceptors (Lipinski definition) is 1. The highest BCUT2D eigenvalue weighted by Crippen LogP contribution is 2.19. The number of alkyl halides is 1. The Morgan fingerprint density at radius 3 is 2.43 bits per heavy atom. The van der Waals surface area contributed by atoms with Gasteiger partial charge in [-0.1, -0.05) is 31.2 Å². The van der Waals surface area contributed by atoms with Crippen LogP contribution in [0.25, 0.3) is 0 Å². The number of nitrogens with two attached hydrogens (primary N) is 1. The van der Waals surface area contributed by atoms with Gasteiger partial charge in [0.15, 0.2) is 0 Å². The number of carbonyl (C=O) groups is 1. The first-order valence-corrected chi connectivity index (χ1v) is 5.10. The van der Waals surface area contributed by atoms with E-state index in [0.717, 1.165) is 11.1 Å². The van der Waals surface area contributed by atoms with Crippen molar-refractivity contribution >= 4 is 17.5 Å². The van der Waals surface area contributed by atoms with Crippen LogP contribution in [-0.4, -0.2) is 5.91 Å². The van der Waals surface area contributed by atoms with Crippen LogP contribution in [0.1, 0.15) is 30.4 Å². The molecule has 0 saturated heterocycles. The summed E-state index contributed by atoms with van der Waals surface area (Å²) in [4.78, 5) is 10.7. The smallest absolute Gasteiger partial charge is 0.218 e. The third kappa shape index (κ3) is 3.04. The fraction of sp³-hybridized carbons (Fsp3) is 0.364. The third-order valence-corrected chi connectivity index (χ3v) is 2.52. The molecule has 3 heteroatoms. The van der Waals surface area contributed by atoms with E-state index < -0.39 is 0 Å². The van der Waals surface area contributed by atoms with E-state index in [2.05, 4.69) is 0 Å². The van der Waals surface area contributed by atoms with E-state index in [-0.39, 0.29) is 11.8 Å². The molecule has 0 aliphatic heterocycles. The fourth-order valence-corrected chi connectivity index (χ4v) is 1.53. The first kappa shape index (κ1) is 11.1. The minimum atomic E-state index is -0.265. The molecule has 0 saturated carbocycles. The van der Waals surface area contributed by atoms with E-state index in [9.17, 15) is 4.79 Å². The molecule has 0 spiro atoms. The minimum Gasteiger partial charge on any atom is -0.370 e. The van der Waals surface area contributed by atoms with Gasteiger partial charge in [-0.25, -0.2) is 0 Å². The number of halogens is 1. The highest BCUT2D eigenvalue weighted by molar-refractivity contribution is 6.17. The minimum absolute atomic E-state index is 0.178. The van der Waals surface area contributed by atoms with Crippen LogP contribution in [0.5, 0.6) is 0 Å². The molecule has 1 amide bonds. The fourth-order valence-electron chi connectivity index (χ4n) is 1.35. The van der Waals surface area contributed by atoms with Crippen molar-refractivity contribution in [1.29, 1.82) is 0 Å². The van der Waals surface area contributed by atoms with Crippen LogP contribution in [0.15, 0.2) is 24.3 Å². The van der Waals surface area contributed by atoms with E-state index in [1.807, 2.05) is 31.2 Å². The van der Waals surface area contributed by atoms with Crippen LogP contribution in [0.3, 0.4) is 0 Å². The van der Waals surface area contributed by atoms with Gasteiger partial charge in [0.05, 0.1) is 0 Å². The lowest BCUT2D eigenvalue weighted by atomic mass is 9.97. The zero-order valence-corrected chi connectivity index (χ0v) is 8.92. The summed E-state index contributed by atoms with van der Waals surface area (Å²) in [6, 6.07) is 7.93. The van der Waals surface area contributed by atoms with Crippen molar-refractivity contribution in [2.75, 3.05) is 0 Å². The van der Waals surface area contributed by atoms with Gasteiger partial charge in [-0.05, 0) is 17.0 Å². The molecule has 1 rings (SSSR count). The van der Waals surface area contributed by atoms with Gasteiger partial charge in [-0.2, -0.15) is 0 Å². The van der Waals surface area contributed by atoms with Gasteiger partial charge in [0, 0.05) is 12.3 Å². The molecular weight excluding hydrogens is 198 g/mol. The Balaban J connectivity index is 2.71. The van der Waals surface area contributed by atoms with Crippen LogP contribution in [0.2, 0.25) is 0 Å². The summed E-state index contributed by atoms with van der Waals surface area (Å²) in [7, 11) is 0. The van der Waals surface area contributed by atoms with E-state index in [4.69, 9.17) is 17.3 Å². The number of hydrogen-bond donors (Lipinski definition) is 1. The van der Waals surface area contributed by atoms with E-state index in [0.29, 0.717) is 12.3 Å². The Bertz CT molecular complexity index is 308. The summed E-state index contributed by atoms with van der Waals surface area (Å²) in [5.41, 5.74) is 7.33. The summed E-state index contributed by atoms with van der Waals surface area (Å²) >= 11 is 5.67. The van der Waals surface area contributed by atoms with Crippen LogP contribution >= 0.6 is 11.6 Å². The molecule has 0 aromatic heterocycles. The normalized spacial score (nSPS) is 12.4. The quantitative estimate of drug-likeness (QED) is 0.764. The molecule has 14 heavy (non-hydrogen) atoms. The van der Waals surface area contributed by atoms with Crippen molar-refractivity contribution in [3.05, 3.63) is 35.4 Å². The second-order valence-corrected chi connectivity index (χ2v) is 3.71. The van der Waals surface area contributed by atoms with Gasteiger partial charge in [0.1, 0.15) is 0 Å². The number of amides is 1. The lowest BCUT2D eigenvalue weighted by molar-refractivity contribution is -0.118. The molecular formula is C11H14ClNO. The Hall–Kier alpha value is -1.02. The molecule has 0 bridgehead atoms. The molecule has 0 heterocycles. The van der Waals surface area contributed by atoms with Crippen molar-refractivity contribution in [2.45, 2.75) is 25.1 Å². The van der Waals surface area contributed by atoms with E-state index in [1.54, 1.807) is 0 Å². The molecule has 1 atom stereocenters. The molecule has 1 aromatic rings. The Labute approximate surface area is 89.1 Å². The maximum absolute atomic E-state index is 10.7. The van der Waals surface area contributed by atoms with Crippen LogP contribution < -0.4 is 5.73 Å². The lowest BCUT2D eigenvalue weighted by Gasteiger charge is -2.09. The molecule has 1 unspecified atom stereocenters. The van der Waals surface area contributed by atoms with Crippen molar-refractivity contribution in [3.8, 4) is 0 Å². The van der Waals surface area contributed by atoms with Gasteiger partial charge in [0.25, 0.3) is 0 Å². The second kappa shape index (κ2) is 5.01. The number of benzene rings is 1. The largest absolute Gasteiger partial charge is 0.370 e. The highest BCUT2D eigenvalue weighted by Gasteiger charge is 2.08. The Morgan fingerprint density at radius 2 is 2.00 bits per heavy atom. The summed E-state index contributed by atoms with van der Waals surface area (Å²) in [5, 5.41) is 0. The molecule has 1 aromatic carbocycles. The summed E-state index contributed by atoms with van der Waals surface area (Å²) in [6.45, 7) is 1.99. The molecule has 0 radical (unpaired) electrons. The molecule has 0 fully saturated rings. The summed E-state index contributed by atoms with van der Waals surface area (Å²) < 4.78 is 0. The zero-order valence-electron chi connectivity index (χ0n) is 8.16. The van der Waals surface area contributed by atoms with E-state index in [1.165, 1.54) is 0 Å². The molecule has 2 N–H and O–H groups in total. The van der Waals surface area contributed by atoms with Gasteiger partial charge >= 0.3 is 0 Å². The average Bonchev–Trinajstić information content (AvgIpc) is 2.17. The number of rotatable bonds is 4. The number of carbonyl (C=O) groups excluding carboxylic acids is 1. The molecule has 0 aliphatic carbocycles. The zero-order chi connectivity index (χ0) is 10.6. The predicted molar refractivity (Wildman–Crippen MR) is 58.2 cm³/mol. The van der Waals surface area contributed by atoms with Crippen molar-refractivity contribution in [1.82, 2.24) is 0 Å². The monoisotopic (exact) mass is 211 g/mol. The first-order valence-electron chi connectivity index (χ1n) is 4.56. The number of primary amides is 1.